The van der Waals surface area contributed by atoms with Crippen molar-refractivity contribution < 1.29 is 22.7 Å². The van der Waals surface area contributed by atoms with Crippen LogP contribution in [0, 0.1) is 5.95 Å². The lowest BCUT2D eigenvalue weighted by atomic mass is 10.1. The van der Waals surface area contributed by atoms with E-state index in [1.807, 2.05) is 0 Å². The van der Waals surface area contributed by atoms with Gasteiger partial charge in [-0.2, -0.15) is 4.39 Å². The van der Waals surface area contributed by atoms with Gasteiger partial charge >= 0.3 is 6.09 Å². The van der Waals surface area contributed by atoms with E-state index in [4.69, 9.17) is 5.11 Å². The van der Waals surface area contributed by atoms with Crippen LogP contribution in [0.25, 0.3) is 11.1 Å². The summed E-state index contributed by atoms with van der Waals surface area (Å²) in [6, 6.07) is 4.50. The predicted molar refractivity (Wildman–Crippen MR) is 95.9 cm³/mol. The van der Waals surface area contributed by atoms with Gasteiger partial charge in [-0.1, -0.05) is 0 Å². The van der Waals surface area contributed by atoms with E-state index < -0.39 is 21.9 Å². The maximum atomic E-state index is 14.2. The number of nitrogens with zero attached hydrogens (tertiary/aromatic N) is 3. The smallest absolute Gasteiger partial charge is 0.404 e. The van der Waals surface area contributed by atoms with Gasteiger partial charge in [-0.25, -0.2) is 23.2 Å². The van der Waals surface area contributed by atoms with E-state index in [-0.39, 0.29) is 33.5 Å². The van der Waals surface area contributed by atoms with Gasteiger partial charge in [-0.3, -0.25) is 0 Å². The first-order valence-electron chi connectivity index (χ1n) is 7.73. The number of aromatic nitrogens is 3. The van der Waals surface area contributed by atoms with E-state index in [1.165, 1.54) is 35.3 Å². The third kappa shape index (κ3) is 3.83. The molecule has 8 nitrogen and oxygen atoms in total. The topological polar surface area (TPSA) is 114 Å². The van der Waals surface area contributed by atoms with Gasteiger partial charge in [0.2, 0.25) is 20.9 Å². The summed E-state index contributed by atoms with van der Waals surface area (Å²) in [6.07, 6.45) is 3.23. The number of thiophene rings is 1. The average Bonchev–Trinajstić information content (AvgIpc) is 3.22. The molecule has 0 aromatic carbocycles. The highest BCUT2D eigenvalue weighted by Crippen LogP contribution is 2.38. The van der Waals surface area contributed by atoms with Gasteiger partial charge in [0.15, 0.2) is 0 Å². The Labute approximate surface area is 158 Å². The third-order valence-electron chi connectivity index (χ3n) is 3.71. The zero-order valence-corrected chi connectivity index (χ0v) is 15.7. The van der Waals surface area contributed by atoms with Gasteiger partial charge in [0, 0.05) is 48.2 Å². The molecule has 0 saturated carbocycles. The molecule has 0 unspecified atom stereocenters. The molecule has 3 heterocycles. The van der Waals surface area contributed by atoms with Gasteiger partial charge in [0.1, 0.15) is 4.21 Å². The number of hydrogen-bond donors (Lipinski definition) is 2. The Bertz CT molecular complexity index is 1090. The third-order valence-corrected chi connectivity index (χ3v) is 7.19. The van der Waals surface area contributed by atoms with E-state index in [0.717, 1.165) is 11.3 Å². The standard InChI is InChI=1S/C16H15FN4O4S2/c1-21-8-7-19-15(21)27(24,25)14-12(11-3-2-5-18-13(11)17)9-10(26-14)4-6-20-16(22)23/h2-3,5,7-9,20H,4,6H2,1H3,(H,22,23). The fourth-order valence-corrected chi connectivity index (χ4v) is 5.65. The summed E-state index contributed by atoms with van der Waals surface area (Å²) in [6.45, 7) is 0.104. The Balaban J connectivity index is 2.11. The minimum atomic E-state index is -4.00. The summed E-state index contributed by atoms with van der Waals surface area (Å²) in [5.74, 6) is -0.790. The van der Waals surface area contributed by atoms with Crippen molar-refractivity contribution in [2.24, 2.45) is 7.05 Å². The van der Waals surface area contributed by atoms with E-state index in [0.29, 0.717) is 4.88 Å². The van der Waals surface area contributed by atoms with Crippen molar-refractivity contribution in [1.82, 2.24) is 19.9 Å². The van der Waals surface area contributed by atoms with Crippen molar-refractivity contribution >= 4 is 27.3 Å². The number of hydrogen-bond acceptors (Lipinski definition) is 6. The molecule has 0 atom stereocenters. The Morgan fingerprint density at radius 1 is 1.33 bits per heavy atom. The van der Waals surface area contributed by atoms with Gasteiger partial charge in [-0.15, -0.1) is 11.3 Å². The molecule has 0 bridgehead atoms. The van der Waals surface area contributed by atoms with Crippen molar-refractivity contribution in [3.8, 4) is 11.1 Å². The van der Waals surface area contributed by atoms with Crippen LogP contribution >= 0.6 is 11.3 Å². The summed E-state index contributed by atoms with van der Waals surface area (Å²) in [5.41, 5.74) is 0.234. The van der Waals surface area contributed by atoms with Gasteiger partial charge < -0.3 is 15.0 Å². The zero-order valence-electron chi connectivity index (χ0n) is 14.1. The molecule has 3 rings (SSSR count). The zero-order chi connectivity index (χ0) is 19.6. The molecular weight excluding hydrogens is 395 g/mol. The molecule has 11 heteroatoms. The van der Waals surface area contributed by atoms with Gasteiger partial charge in [-0.05, 0) is 24.6 Å². The van der Waals surface area contributed by atoms with Gasteiger partial charge in [0.05, 0.1) is 0 Å². The Morgan fingerprint density at radius 3 is 2.74 bits per heavy atom. The lowest BCUT2D eigenvalue weighted by Gasteiger charge is -2.06. The quantitative estimate of drug-likeness (QED) is 0.603. The number of amides is 1. The highest BCUT2D eigenvalue weighted by atomic mass is 32.2. The molecule has 0 radical (unpaired) electrons. The normalized spacial score (nSPS) is 11.5. The first kappa shape index (κ1) is 19.0. The summed E-state index contributed by atoms with van der Waals surface area (Å²) < 4.78 is 41.7. The number of aryl methyl sites for hydroxylation is 1. The highest BCUT2D eigenvalue weighted by molar-refractivity contribution is 7.93. The summed E-state index contributed by atoms with van der Waals surface area (Å²) in [5, 5.41) is 10.7. The molecule has 0 aliphatic heterocycles. The van der Waals surface area contributed by atoms with Crippen molar-refractivity contribution in [2.45, 2.75) is 15.8 Å². The molecule has 142 valence electrons. The first-order valence-corrected chi connectivity index (χ1v) is 10.0. The molecule has 3 aromatic rings. The lowest BCUT2D eigenvalue weighted by molar-refractivity contribution is 0.194. The van der Waals surface area contributed by atoms with Crippen LogP contribution in [-0.2, 0) is 23.3 Å². The van der Waals surface area contributed by atoms with Crippen molar-refractivity contribution in [1.29, 1.82) is 0 Å². The number of carboxylic acid groups (broad SMARTS) is 1. The van der Waals surface area contributed by atoms with Gasteiger partial charge in [0.25, 0.3) is 0 Å². The second-order valence-electron chi connectivity index (χ2n) is 5.56. The maximum Gasteiger partial charge on any atom is 0.404 e. The predicted octanol–water partition coefficient (Wildman–Crippen LogP) is 2.33. The average molecular weight is 410 g/mol. The van der Waals surface area contributed by atoms with Crippen molar-refractivity contribution in [2.75, 3.05) is 6.54 Å². The summed E-state index contributed by atoms with van der Waals surface area (Å²) in [4.78, 5) is 18.7. The maximum absolute atomic E-state index is 14.2. The number of halogens is 1. The largest absolute Gasteiger partial charge is 0.465 e. The molecule has 2 N–H and O–H groups in total. The minimum Gasteiger partial charge on any atom is -0.465 e. The summed E-state index contributed by atoms with van der Waals surface area (Å²) >= 11 is 0.960. The van der Waals surface area contributed by atoms with Crippen LogP contribution in [0.15, 0.2) is 46.2 Å². The molecule has 0 spiro atoms. The number of pyridine rings is 1. The summed E-state index contributed by atoms with van der Waals surface area (Å²) in [7, 11) is -2.45. The van der Waals surface area contributed by atoms with E-state index in [2.05, 4.69) is 15.3 Å². The van der Waals surface area contributed by atoms with Crippen LogP contribution in [0.5, 0.6) is 0 Å². The number of rotatable bonds is 6. The minimum absolute atomic E-state index is 0.0546. The molecule has 0 aliphatic rings. The lowest BCUT2D eigenvalue weighted by Crippen LogP contribution is -2.22. The van der Waals surface area contributed by atoms with Crippen LogP contribution < -0.4 is 5.32 Å². The number of sulfone groups is 1. The second kappa shape index (κ2) is 7.45. The Kier molecular flexibility index (Phi) is 5.24. The van der Waals surface area contributed by atoms with Crippen LogP contribution in [0.4, 0.5) is 9.18 Å². The molecule has 0 fully saturated rings. The fourth-order valence-electron chi connectivity index (χ4n) is 2.51. The van der Waals surface area contributed by atoms with E-state index in [1.54, 1.807) is 13.1 Å². The highest BCUT2D eigenvalue weighted by Gasteiger charge is 2.29. The second-order valence-corrected chi connectivity index (χ2v) is 8.74. The molecular formula is C16H15FN4O4S2. The van der Waals surface area contributed by atoms with Crippen LogP contribution in [0.2, 0.25) is 0 Å². The van der Waals surface area contributed by atoms with Crippen molar-refractivity contribution in [3.05, 3.63) is 47.6 Å². The SMILES string of the molecule is Cn1ccnc1S(=O)(=O)c1sc(CCNC(=O)O)cc1-c1cccnc1F. The Hall–Kier alpha value is -2.79. The van der Waals surface area contributed by atoms with Crippen molar-refractivity contribution in [3.63, 3.8) is 0 Å². The number of carbonyl (C=O) groups is 1. The molecule has 1 amide bonds. The molecule has 0 aliphatic carbocycles. The number of imidazole rings is 1. The van der Waals surface area contributed by atoms with E-state index >= 15 is 0 Å². The number of nitrogens with one attached hydrogen (secondary N) is 1. The first-order chi connectivity index (χ1) is 12.8. The Morgan fingerprint density at radius 2 is 2.11 bits per heavy atom. The van der Waals surface area contributed by atoms with Crippen LogP contribution in [-0.4, -0.2) is 40.7 Å². The molecule has 3 aromatic heterocycles. The fraction of sp³-hybridized carbons (Fsp3) is 0.188. The van der Waals surface area contributed by atoms with Crippen LogP contribution in [0.1, 0.15) is 4.88 Å². The monoisotopic (exact) mass is 410 g/mol. The molecule has 27 heavy (non-hydrogen) atoms. The van der Waals surface area contributed by atoms with Crippen LogP contribution in [0.3, 0.4) is 0 Å². The van der Waals surface area contributed by atoms with E-state index in [9.17, 15) is 17.6 Å². The molecule has 0 saturated heterocycles.